The lowest BCUT2D eigenvalue weighted by molar-refractivity contribution is 0.437. The van der Waals surface area contributed by atoms with E-state index in [9.17, 15) is 24.6 Å². The second-order valence-corrected chi connectivity index (χ2v) is 5.99. The molecule has 0 aliphatic rings. The van der Waals surface area contributed by atoms with Gasteiger partial charge in [-0.1, -0.05) is 32.0 Å². The lowest BCUT2D eigenvalue weighted by Gasteiger charge is -2.04. The van der Waals surface area contributed by atoms with Crippen LogP contribution < -0.4 is 8.37 Å². The molecule has 0 aliphatic carbocycles. The summed E-state index contributed by atoms with van der Waals surface area (Å²) in [5.41, 5.74) is -0.340. The fraction of sp³-hybridized carbons (Fsp3) is 0. The van der Waals surface area contributed by atoms with E-state index >= 15 is 0 Å². The van der Waals surface area contributed by atoms with Crippen LogP contribution in [-0.4, -0.2) is 16.8 Å². The van der Waals surface area contributed by atoms with Crippen LogP contribution in [-0.2, 0) is 21.0 Å². The molecule has 8 nitrogen and oxygen atoms in total. The molecule has 24 heavy (non-hydrogen) atoms. The second-order valence-electron chi connectivity index (χ2n) is 4.09. The minimum Gasteiger partial charge on any atom is -0.356 e. The first-order chi connectivity index (χ1) is 11.1. The van der Waals surface area contributed by atoms with E-state index in [0.29, 0.717) is 0 Å². The Labute approximate surface area is 136 Å². The maximum Gasteiger partial charge on any atom is 0.488 e. The lowest BCUT2D eigenvalue weighted by Crippen LogP contribution is -2.01. The molecule has 0 saturated carbocycles. The number of benzene rings is 2. The lowest BCUT2D eigenvalue weighted by atomic mass is 10.3. The summed E-state index contributed by atoms with van der Waals surface area (Å²) in [6.07, 6.45) is 0. The average molecular weight is 378 g/mol. The molecule has 0 aromatic heterocycles. The Morgan fingerprint density at radius 3 is 1.33 bits per heavy atom. The molecule has 0 fully saturated rings. The summed E-state index contributed by atoms with van der Waals surface area (Å²) >= 11 is 0. The number of para-hydroxylation sites is 2. The van der Waals surface area contributed by atoms with Crippen LogP contribution in [0.15, 0.2) is 58.8 Å². The quantitative estimate of drug-likeness (QED) is 0.563. The van der Waals surface area contributed by atoms with E-state index in [1.54, 1.807) is 0 Å². The summed E-state index contributed by atoms with van der Waals surface area (Å²) in [4.78, 5) is 0. The Hall–Kier alpha value is -2.60. The van der Waals surface area contributed by atoms with Crippen LogP contribution in [0, 0.1) is 0 Å². The molecule has 0 radical (unpaired) electrons. The highest BCUT2D eigenvalue weighted by Crippen LogP contribution is 2.33. The molecule has 128 valence electrons. The van der Waals surface area contributed by atoms with Gasteiger partial charge in [-0.05, 0) is 24.3 Å². The Balaban J connectivity index is 2.36. The van der Waals surface area contributed by atoms with Gasteiger partial charge in [0.1, 0.15) is 11.4 Å². The summed E-state index contributed by atoms with van der Waals surface area (Å²) < 4.78 is 75.6. The minimum absolute atomic E-state index is 0.170. The monoisotopic (exact) mass is 378 g/mol. The third kappa shape index (κ3) is 5.55. The Morgan fingerprint density at radius 1 is 0.667 bits per heavy atom. The van der Waals surface area contributed by atoms with Crippen molar-refractivity contribution in [1.29, 1.82) is 0 Å². The van der Waals surface area contributed by atoms with Gasteiger partial charge in [-0.15, -0.1) is 10.2 Å². The molecule has 2 aromatic carbocycles. The number of halogens is 2. The predicted octanol–water partition coefficient (Wildman–Crippen LogP) is 3.29. The summed E-state index contributed by atoms with van der Waals surface area (Å²) in [6.45, 7) is 0. The predicted molar refractivity (Wildman–Crippen MR) is 78.4 cm³/mol. The van der Waals surface area contributed by atoms with Crippen molar-refractivity contribution in [3.8, 4) is 11.5 Å². The molecular formula is C12H8F2N2O6S2. The van der Waals surface area contributed by atoms with Crippen molar-refractivity contribution in [3.63, 3.8) is 0 Å². The SMILES string of the molecule is O=S(=O)(F)Oc1ccccc1/N=N/c1ccccc1OS(=O)(=O)F. The maximum absolute atomic E-state index is 12.6. The first-order valence-corrected chi connectivity index (χ1v) is 8.64. The van der Waals surface area contributed by atoms with Gasteiger partial charge in [0.25, 0.3) is 0 Å². The van der Waals surface area contributed by atoms with E-state index < -0.39 is 32.5 Å². The number of hydrogen-bond donors (Lipinski definition) is 0. The van der Waals surface area contributed by atoms with Crippen molar-refractivity contribution in [2.45, 2.75) is 0 Å². The highest BCUT2D eigenvalue weighted by Gasteiger charge is 2.15. The topological polar surface area (TPSA) is 111 Å². The third-order valence-corrected chi connectivity index (χ3v) is 3.13. The Bertz CT molecular complexity index is 897. The van der Waals surface area contributed by atoms with Crippen molar-refractivity contribution in [2.75, 3.05) is 0 Å². The third-order valence-electron chi connectivity index (χ3n) is 2.37. The Kier molecular flexibility index (Phi) is 5.09. The van der Waals surface area contributed by atoms with Gasteiger partial charge in [0, 0.05) is 0 Å². The highest BCUT2D eigenvalue weighted by molar-refractivity contribution is 7.82. The second kappa shape index (κ2) is 6.88. The normalized spacial score (nSPS) is 12.2. The number of nitrogens with zero attached hydrogens (tertiary/aromatic N) is 2. The molecule has 2 rings (SSSR count). The zero-order valence-electron chi connectivity index (χ0n) is 11.5. The van der Waals surface area contributed by atoms with Crippen LogP contribution in [0.2, 0.25) is 0 Å². The van der Waals surface area contributed by atoms with Gasteiger partial charge >= 0.3 is 21.0 Å². The minimum atomic E-state index is -5.27. The van der Waals surface area contributed by atoms with Gasteiger partial charge < -0.3 is 8.37 Å². The van der Waals surface area contributed by atoms with Crippen molar-refractivity contribution >= 4 is 32.4 Å². The van der Waals surface area contributed by atoms with Crippen LogP contribution in [0.3, 0.4) is 0 Å². The largest absolute Gasteiger partial charge is 0.488 e. The Morgan fingerprint density at radius 2 is 1.00 bits per heavy atom. The first kappa shape index (κ1) is 17.7. The average Bonchev–Trinajstić information content (AvgIpc) is 2.44. The molecule has 0 bridgehead atoms. The summed E-state index contributed by atoms with van der Waals surface area (Å²) in [7, 11) is -10.5. The van der Waals surface area contributed by atoms with E-state index in [2.05, 4.69) is 18.6 Å². The molecule has 0 amide bonds. The molecule has 12 heteroatoms. The first-order valence-electron chi connectivity index (χ1n) is 6.02. The van der Waals surface area contributed by atoms with Crippen LogP contribution in [0.25, 0.3) is 0 Å². The molecule has 2 aromatic rings. The fourth-order valence-corrected chi connectivity index (χ4v) is 2.25. The molecule has 0 unspecified atom stereocenters. The van der Waals surface area contributed by atoms with Gasteiger partial charge in [-0.25, -0.2) is 0 Å². The molecule has 0 atom stereocenters. The smallest absolute Gasteiger partial charge is 0.356 e. The summed E-state index contributed by atoms with van der Waals surface area (Å²) in [5, 5.41) is 7.25. The zero-order chi connectivity index (χ0) is 17.8. The van der Waals surface area contributed by atoms with Crippen molar-refractivity contribution < 1.29 is 33.0 Å². The van der Waals surface area contributed by atoms with Crippen LogP contribution in [0.1, 0.15) is 0 Å². The zero-order valence-corrected chi connectivity index (χ0v) is 13.2. The summed E-state index contributed by atoms with van der Waals surface area (Å²) in [6, 6.07) is 10.4. The van der Waals surface area contributed by atoms with Crippen LogP contribution in [0.5, 0.6) is 11.5 Å². The number of rotatable bonds is 6. The number of azo groups is 1. The fourth-order valence-electron chi connectivity index (χ4n) is 1.54. The van der Waals surface area contributed by atoms with Crippen molar-refractivity contribution in [3.05, 3.63) is 48.5 Å². The van der Waals surface area contributed by atoms with Crippen molar-refractivity contribution in [2.24, 2.45) is 10.2 Å². The molecule has 0 saturated heterocycles. The number of hydrogen-bond acceptors (Lipinski definition) is 8. The molecule has 0 aliphatic heterocycles. The van der Waals surface area contributed by atoms with Gasteiger partial charge in [0.2, 0.25) is 0 Å². The van der Waals surface area contributed by atoms with Gasteiger partial charge in [0.15, 0.2) is 11.5 Å². The van der Waals surface area contributed by atoms with E-state index in [1.165, 1.54) is 36.4 Å². The van der Waals surface area contributed by atoms with Crippen molar-refractivity contribution in [1.82, 2.24) is 0 Å². The molecular weight excluding hydrogens is 370 g/mol. The van der Waals surface area contributed by atoms with E-state index in [-0.39, 0.29) is 11.4 Å². The standard InChI is InChI=1S/C12H8F2N2O6S2/c13-23(17,18)21-11-7-3-1-5-9(11)15-16-10-6-2-4-8-12(10)22-24(14,19)20/h1-8H/b16-15+. The van der Waals surface area contributed by atoms with E-state index in [0.717, 1.165) is 12.1 Å². The summed E-state index contributed by atoms with van der Waals surface area (Å²) in [5.74, 6) is -0.888. The van der Waals surface area contributed by atoms with Gasteiger partial charge in [0.05, 0.1) is 0 Å². The highest BCUT2D eigenvalue weighted by atomic mass is 32.3. The maximum atomic E-state index is 12.6. The van der Waals surface area contributed by atoms with Crippen LogP contribution >= 0.6 is 0 Å². The van der Waals surface area contributed by atoms with Gasteiger partial charge in [-0.2, -0.15) is 16.8 Å². The molecule has 0 spiro atoms. The van der Waals surface area contributed by atoms with Gasteiger partial charge in [-0.3, -0.25) is 0 Å². The van der Waals surface area contributed by atoms with Crippen LogP contribution in [0.4, 0.5) is 19.1 Å². The molecule has 0 N–H and O–H groups in total. The van der Waals surface area contributed by atoms with E-state index in [4.69, 9.17) is 0 Å². The van der Waals surface area contributed by atoms with E-state index in [1.807, 2.05) is 0 Å². The molecule has 0 heterocycles.